The lowest BCUT2D eigenvalue weighted by atomic mass is 9.42. The molecule has 0 aromatic heterocycles. The number of fused-ring (bicyclic) bond motifs is 9. The zero-order valence-corrected chi connectivity index (χ0v) is 48.0. The molecule has 10 aromatic carbocycles. The first kappa shape index (κ1) is 49.7. The third-order valence-electron chi connectivity index (χ3n) is 17.6. The molecule has 80 heavy (non-hydrogen) atoms. The molecule has 392 valence electrons. The first-order chi connectivity index (χ1) is 38.3. The maximum absolute atomic E-state index is 7.42. The smallest absolute Gasteiger partial charge is 0.333 e. The van der Waals surface area contributed by atoms with Crippen LogP contribution in [0.25, 0.3) is 44.5 Å². The van der Waals surface area contributed by atoms with Crippen molar-refractivity contribution in [3.63, 3.8) is 0 Å². The molecule has 0 saturated heterocycles. The van der Waals surface area contributed by atoms with E-state index in [2.05, 4.69) is 303 Å². The summed E-state index contributed by atoms with van der Waals surface area (Å²) in [6.07, 6.45) is 0. The highest BCUT2D eigenvalue weighted by Crippen LogP contribution is 2.62. The van der Waals surface area contributed by atoms with E-state index in [0.29, 0.717) is 0 Å². The Hall–Kier alpha value is -8.54. The molecule has 4 aliphatic heterocycles. The number of nitrogens with zero attached hydrogens (tertiary/aromatic N) is 3. The molecule has 0 atom stereocenters. The predicted molar refractivity (Wildman–Crippen MR) is 339 cm³/mol. The van der Waals surface area contributed by atoms with Crippen LogP contribution in [0.15, 0.2) is 212 Å². The molecule has 0 aliphatic carbocycles. The molecule has 0 fully saturated rings. The summed E-state index contributed by atoms with van der Waals surface area (Å²) in [6.45, 7) is 25.5. The summed E-state index contributed by atoms with van der Waals surface area (Å²) in [5.74, 6) is 1.79. The second-order valence-corrected chi connectivity index (χ2v) is 26.3. The van der Waals surface area contributed by atoms with Crippen LogP contribution in [0.4, 0.5) is 45.5 Å². The molecule has 0 bridgehead atoms. The fourth-order valence-corrected chi connectivity index (χ4v) is 13.3. The van der Waals surface area contributed by atoms with Gasteiger partial charge in [-0.1, -0.05) is 204 Å². The molecular formula is C75H68BN3O. The van der Waals surface area contributed by atoms with Gasteiger partial charge in [-0.25, -0.2) is 0 Å². The molecule has 0 saturated carbocycles. The Balaban J connectivity index is 1.13. The standard InChI is InChI=1S/C75H68BN3O/c1-72(2,3)53-32-35-57(36-33-53)78-63-42-49(52-40-50(47-23-15-12-16-24-47)39-51(41-52)48-25-17-13-18-26-48)31-37-60(63)76-70-65(78)46-64-69(75(10,11)59-29-21-22-30-61(59)77(64)56-27-19-14-20-28-56)68(70)58-43-55(74(7,8)9)45-67-71(58)79(76)62-38-34-54(73(4,5)6)44-66(62)80-67/h12-46H,1-11H3. The zero-order chi connectivity index (χ0) is 55.2. The molecular weight excluding hydrogens is 970 g/mol. The van der Waals surface area contributed by atoms with Crippen LogP contribution in [0.1, 0.15) is 104 Å². The monoisotopic (exact) mass is 1040 g/mol. The molecule has 5 heteroatoms. The number of hydrogen-bond donors (Lipinski definition) is 0. The summed E-state index contributed by atoms with van der Waals surface area (Å²) in [5.41, 5.74) is 26.9. The van der Waals surface area contributed by atoms with E-state index in [1.807, 2.05) is 0 Å². The van der Waals surface area contributed by atoms with Crippen LogP contribution in [0.3, 0.4) is 0 Å². The molecule has 4 aliphatic rings. The number of para-hydroxylation sites is 2. The van der Waals surface area contributed by atoms with Gasteiger partial charge in [0, 0.05) is 33.7 Å². The summed E-state index contributed by atoms with van der Waals surface area (Å²) in [5, 5.41) is 0. The summed E-state index contributed by atoms with van der Waals surface area (Å²) in [4.78, 5) is 7.82. The van der Waals surface area contributed by atoms with Crippen LogP contribution in [0, 0.1) is 0 Å². The second kappa shape index (κ2) is 17.7. The fourth-order valence-electron chi connectivity index (χ4n) is 13.3. The van der Waals surface area contributed by atoms with E-state index in [-0.39, 0.29) is 23.1 Å². The molecule has 4 heterocycles. The van der Waals surface area contributed by atoms with Gasteiger partial charge in [-0.3, -0.25) is 0 Å². The van der Waals surface area contributed by atoms with Crippen molar-refractivity contribution < 1.29 is 4.74 Å². The minimum absolute atomic E-state index is 0.0280. The van der Waals surface area contributed by atoms with Gasteiger partial charge in [0.15, 0.2) is 5.75 Å². The van der Waals surface area contributed by atoms with Gasteiger partial charge in [0.25, 0.3) is 0 Å². The Morgan fingerprint density at radius 3 is 1.55 bits per heavy atom. The zero-order valence-electron chi connectivity index (χ0n) is 48.0. The van der Waals surface area contributed by atoms with Crippen molar-refractivity contribution in [1.82, 2.24) is 0 Å². The average Bonchev–Trinajstić information content (AvgIpc) is 3.54. The predicted octanol–water partition coefficient (Wildman–Crippen LogP) is 19.5. The Morgan fingerprint density at radius 2 is 0.925 bits per heavy atom. The SMILES string of the molecule is CC(C)(C)c1ccc(N2c3cc(-c4cc(-c5ccccc5)cc(-c5ccccc5)c4)ccc3B3c4c2cc2c(c4-c4cc(C(C)(C)C)cc5c4N3c3ccc(C(C)(C)C)cc3O5)C(C)(C)c3ccccc3N2c2ccccc2)cc1. The van der Waals surface area contributed by atoms with E-state index in [1.54, 1.807) is 0 Å². The van der Waals surface area contributed by atoms with Crippen LogP contribution in [0.5, 0.6) is 11.5 Å². The van der Waals surface area contributed by atoms with Gasteiger partial charge in [0.05, 0.1) is 22.7 Å². The normalized spacial score (nSPS) is 14.5. The summed E-state index contributed by atoms with van der Waals surface area (Å²) in [6, 6.07) is 80.1. The summed E-state index contributed by atoms with van der Waals surface area (Å²) < 4.78 is 7.42. The van der Waals surface area contributed by atoms with Gasteiger partial charge in [-0.15, -0.1) is 0 Å². The number of ether oxygens (including phenoxy) is 1. The van der Waals surface area contributed by atoms with E-state index in [9.17, 15) is 0 Å². The largest absolute Gasteiger partial charge is 0.453 e. The van der Waals surface area contributed by atoms with E-state index < -0.39 is 5.41 Å². The van der Waals surface area contributed by atoms with Crippen molar-refractivity contribution in [3.8, 4) is 56.0 Å². The van der Waals surface area contributed by atoms with Crippen LogP contribution < -0.4 is 30.3 Å². The number of benzene rings is 10. The van der Waals surface area contributed by atoms with E-state index in [0.717, 1.165) is 45.5 Å². The summed E-state index contributed by atoms with van der Waals surface area (Å²) >= 11 is 0. The molecule has 0 radical (unpaired) electrons. The molecule has 0 amide bonds. The Labute approximate surface area is 474 Å². The van der Waals surface area contributed by atoms with Crippen molar-refractivity contribution in [2.75, 3.05) is 14.6 Å². The third-order valence-corrected chi connectivity index (χ3v) is 17.6. The first-order valence-electron chi connectivity index (χ1n) is 28.6. The molecule has 0 N–H and O–H groups in total. The van der Waals surface area contributed by atoms with Crippen LogP contribution in [0.2, 0.25) is 0 Å². The molecule has 14 rings (SSSR count). The van der Waals surface area contributed by atoms with Gasteiger partial charge in [-0.05, 0) is 179 Å². The summed E-state index contributed by atoms with van der Waals surface area (Å²) in [7, 11) is 0. The Bertz CT molecular complexity index is 4070. The van der Waals surface area contributed by atoms with Crippen molar-refractivity contribution in [3.05, 3.63) is 240 Å². The topological polar surface area (TPSA) is 19.0 Å². The number of rotatable bonds is 5. The van der Waals surface area contributed by atoms with E-state index >= 15 is 0 Å². The van der Waals surface area contributed by atoms with E-state index in [4.69, 9.17) is 4.74 Å². The minimum atomic E-state index is -0.419. The quantitative estimate of drug-likeness (QED) is 0.160. The van der Waals surface area contributed by atoms with Gasteiger partial charge >= 0.3 is 6.85 Å². The maximum Gasteiger partial charge on any atom is 0.333 e. The lowest BCUT2D eigenvalue weighted by molar-refractivity contribution is 0.470. The molecule has 10 aromatic rings. The number of hydrogen-bond acceptors (Lipinski definition) is 4. The molecule has 4 nitrogen and oxygen atoms in total. The Kier molecular flexibility index (Phi) is 11.0. The first-order valence-corrected chi connectivity index (χ1v) is 28.6. The van der Waals surface area contributed by atoms with Crippen molar-refractivity contribution >= 4 is 63.3 Å². The molecule has 0 spiro atoms. The van der Waals surface area contributed by atoms with E-state index in [1.165, 1.54) is 94.7 Å². The highest BCUT2D eigenvalue weighted by molar-refractivity contribution is 6.94. The molecule has 0 unspecified atom stereocenters. The Morgan fingerprint density at radius 1 is 0.388 bits per heavy atom. The lowest BCUT2D eigenvalue weighted by Crippen LogP contribution is -2.62. The van der Waals surface area contributed by atoms with Gasteiger partial charge in [-0.2, -0.15) is 0 Å². The van der Waals surface area contributed by atoms with Crippen molar-refractivity contribution in [2.45, 2.75) is 97.8 Å². The van der Waals surface area contributed by atoms with Crippen LogP contribution >= 0.6 is 0 Å². The second-order valence-electron chi connectivity index (χ2n) is 26.3. The van der Waals surface area contributed by atoms with Crippen molar-refractivity contribution in [2.24, 2.45) is 0 Å². The fraction of sp³-hybridized carbons (Fsp3) is 0.200. The average molecular weight is 1040 g/mol. The van der Waals surface area contributed by atoms with Crippen molar-refractivity contribution in [1.29, 1.82) is 0 Å². The van der Waals surface area contributed by atoms with Crippen LogP contribution in [-0.2, 0) is 21.7 Å². The third kappa shape index (κ3) is 7.79. The van der Waals surface area contributed by atoms with Crippen LogP contribution in [-0.4, -0.2) is 6.85 Å². The van der Waals surface area contributed by atoms with Gasteiger partial charge in [0.2, 0.25) is 0 Å². The minimum Gasteiger partial charge on any atom is -0.453 e. The number of anilines is 8. The van der Waals surface area contributed by atoms with Gasteiger partial charge in [0.1, 0.15) is 5.75 Å². The maximum atomic E-state index is 7.42. The highest BCUT2D eigenvalue weighted by Gasteiger charge is 2.52. The highest BCUT2D eigenvalue weighted by atomic mass is 16.5. The van der Waals surface area contributed by atoms with Gasteiger partial charge < -0.3 is 19.3 Å². The lowest BCUT2D eigenvalue weighted by Gasteiger charge is -2.51.